The molecule has 0 aromatic heterocycles. The normalized spacial score (nSPS) is 12.4. The van der Waals surface area contributed by atoms with Gasteiger partial charge in [-0.3, -0.25) is 0 Å². The third-order valence-electron chi connectivity index (χ3n) is 2.29. The van der Waals surface area contributed by atoms with Gasteiger partial charge in [0.05, 0.1) is 0 Å². The molecule has 0 aromatic rings. The molecular weight excluding hydrogens is 220 g/mol. The zero-order valence-electron chi connectivity index (χ0n) is 10.1. The predicted molar refractivity (Wildman–Crippen MR) is 55.5 cm³/mol. The quantitative estimate of drug-likeness (QED) is 0.796. The molecule has 0 unspecified atom stereocenters. The van der Waals surface area contributed by atoms with Crippen LogP contribution in [0.4, 0.5) is 13.6 Å². The van der Waals surface area contributed by atoms with Gasteiger partial charge in [0.25, 0.3) is 0 Å². The Morgan fingerprint density at radius 3 is 2.06 bits per heavy atom. The van der Waals surface area contributed by atoms with Crippen LogP contribution < -0.4 is 0 Å². The number of carbonyl (C=O) groups is 1. The minimum atomic E-state index is -3.46. The minimum Gasteiger partial charge on any atom is -0.443 e. The SMILES string of the molecule is CCN(CC)C(=O)OCC(F)(F)C(C)(C)O. The number of alkyl halides is 2. The van der Waals surface area contributed by atoms with Crippen LogP contribution in [-0.2, 0) is 4.74 Å². The summed E-state index contributed by atoms with van der Waals surface area (Å²) in [6.45, 7) is 5.05. The van der Waals surface area contributed by atoms with Gasteiger partial charge in [0.15, 0.2) is 6.61 Å². The van der Waals surface area contributed by atoms with Crippen LogP contribution in [0.5, 0.6) is 0 Å². The van der Waals surface area contributed by atoms with Gasteiger partial charge in [-0.1, -0.05) is 0 Å². The summed E-state index contributed by atoms with van der Waals surface area (Å²) in [5, 5.41) is 9.16. The largest absolute Gasteiger partial charge is 0.443 e. The molecule has 0 aliphatic heterocycles. The summed E-state index contributed by atoms with van der Waals surface area (Å²) in [7, 11) is 0. The average Bonchev–Trinajstić information content (AvgIpc) is 2.15. The Labute approximate surface area is 94.2 Å². The molecular formula is C10H19F2NO3. The molecule has 0 rings (SSSR count). The fourth-order valence-electron chi connectivity index (χ4n) is 0.902. The number of rotatable bonds is 5. The van der Waals surface area contributed by atoms with E-state index in [1.807, 2.05) is 0 Å². The number of ether oxygens (including phenoxy) is 1. The summed E-state index contributed by atoms with van der Waals surface area (Å²) in [5.74, 6) is -3.46. The highest BCUT2D eigenvalue weighted by molar-refractivity contribution is 5.67. The number of nitrogens with zero attached hydrogens (tertiary/aromatic N) is 1. The molecule has 0 spiro atoms. The first-order valence-electron chi connectivity index (χ1n) is 5.17. The van der Waals surface area contributed by atoms with Gasteiger partial charge in [-0.05, 0) is 27.7 Å². The zero-order chi connectivity index (χ0) is 13.0. The molecule has 0 bridgehead atoms. The summed E-state index contributed by atoms with van der Waals surface area (Å²) in [5.41, 5.74) is -2.21. The van der Waals surface area contributed by atoms with E-state index in [0.29, 0.717) is 13.1 Å². The molecule has 96 valence electrons. The number of aliphatic hydroxyl groups is 1. The second kappa shape index (κ2) is 5.43. The Hall–Kier alpha value is -0.910. The smallest absolute Gasteiger partial charge is 0.409 e. The Morgan fingerprint density at radius 2 is 1.75 bits per heavy atom. The Bertz CT molecular complexity index is 235. The van der Waals surface area contributed by atoms with Gasteiger partial charge in [-0.15, -0.1) is 0 Å². The standard InChI is InChI=1S/C10H19F2NO3/c1-5-13(6-2)8(14)16-7-10(11,12)9(3,4)15/h15H,5-7H2,1-4H3. The van der Waals surface area contributed by atoms with E-state index in [9.17, 15) is 13.6 Å². The number of amides is 1. The van der Waals surface area contributed by atoms with E-state index in [1.165, 1.54) is 4.90 Å². The Kier molecular flexibility index (Phi) is 5.12. The van der Waals surface area contributed by atoms with Crippen molar-refractivity contribution in [3.63, 3.8) is 0 Å². The summed E-state index contributed by atoms with van der Waals surface area (Å²) in [6.07, 6.45) is -0.797. The van der Waals surface area contributed by atoms with E-state index in [-0.39, 0.29) is 0 Å². The molecule has 1 N–H and O–H groups in total. The molecule has 0 aliphatic carbocycles. The van der Waals surface area contributed by atoms with Crippen molar-refractivity contribution >= 4 is 6.09 Å². The lowest BCUT2D eigenvalue weighted by molar-refractivity contribution is -0.183. The third-order valence-corrected chi connectivity index (χ3v) is 2.29. The van der Waals surface area contributed by atoms with Gasteiger partial charge in [0.2, 0.25) is 0 Å². The molecule has 0 saturated heterocycles. The zero-order valence-corrected chi connectivity index (χ0v) is 10.1. The highest BCUT2D eigenvalue weighted by atomic mass is 19.3. The van der Waals surface area contributed by atoms with E-state index < -0.39 is 24.2 Å². The summed E-state index contributed by atoms with van der Waals surface area (Å²) < 4.78 is 30.9. The van der Waals surface area contributed by atoms with Crippen LogP contribution in [0.2, 0.25) is 0 Å². The van der Waals surface area contributed by atoms with Gasteiger partial charge >= 0.3 is 12.0 Å². The van der Waals surface area contributed by atoms with Crippen molar-refractivity contribution in [3.8, 4) is 0 Å². The fourth-order valence-corrected chi connectivity index (χ4v) is 0.902. The lowest BCUT2D eigenvalue weighted by Gasteiger charge is -2.29. The second-order valence-corrected chi connectivity index (χ2v) is 3.99. The monoisotopic (exact) mass is 239 g/mol. The molecule has 0 heterocycles. The van der Waals surface area contributed by atoms with Crippen molar-refractivity contribution < 1.29 is 23.4 Å². The first-order valence-corrected chi connectivity index (χ1v) is 5.17. The van der Waals surface area contributed by atoms with Gasteiger partial charge in [-0.2, -0.15) is 8.78 Å². The molecule has 0 atom stereocenters. The maximum atomic E-state index is 13.2. The Morgan fingerprint density at radius 1 is 1.31 bits per heavy atom. The van der Waals surface area contributed by atoms with E-state index in [0.717, 1.165) is 13.8 Å². The summed E-state index contributed by atoms with van der Waals surface area (Å²) in [6, 6.07) is 0. The maximum absolute atomic E-state index is 13.2. The lowest BCUT2D eigenvalue weighted by Crippen LogP contribution is -2.47. The maximum Gasteiger partial charge on any atom is 0.409 e. The van der Waals surface area contributed by atoms with Gasteiger partial charge in [0, 0.05) is 13.1 Å². The van der Waals surface area contributed by atoms with Crippen LogP contribution in [0.15, 0.2) is 0 Å². The van der Waals surface area contributed by atoms with Gasteiger partial charge < -0.3 is 14.7 Å². The highest BCUT2D eigenvalue weighted by Gasteiger charge is 2.46. The van der Waals surface area contributed by atoms with Crippen molar-refractivity contribution in [3.05, 3.63) is 0 Å². The third kappa shape index (κ3) is 3.92. The Balaban J connectivity index is 4.30. The van der Waals surface area contributed by atoms with Crippen LogP contribution >= 0.6 is 0 Å². The van der Waals surface area contributed by atoms with E-state index >= 15 is 0 Å². The van der Waals surface area contributed by atoms with Crippen molar-refractivity contribution in [2.75, 3.05) is 19.7 Å². The van der Waals surface area contributed by atoms with Crippen molar-refractivity contribution in [2.24, 2.45) is 0 Å². The molecule has 0 aliphatic rings. The van der Waals surface area contributed by atoms with E-state index in [1.54, 1.807) is 13.8 Å². The van der Waals surface area contributed by atoms with Crippen LogP contribution in [0, 0.1) is 0 Å². The fraction of sp³-hybridized carbons (Fsp3) is 0.900. The first-order chi connectivity index (χ1) is 7.15. The number of carbonyl (C=O) groups excluding carboxylic acids is 1. The molecule has 4 nitrogen and oxygen atoms in total. The summed E-state index contributed by atoms with van der Waals surface area (Å²) in [4.78, 5) is 12.5. The minimum absolute atomic E-state index is 0.392. The van der Waals surface area contributed by atoms with Crippen LogP contribution in [0.1, 0.15) is 27.7 Å². The second-order valence-electron chi connectivity index (χ2n) is 3.99. The first kappa shape index (κ1) is 15.1. The number of halogens is 2. The average molecular weight is 239 g/mol. The number of hydrogen-bond acceptors (Lipinski definition) is 3. The van der Waals surface area contributed by atoms with Crippen LogP contribution in [-0.4, -0.2) is 47.3 Å². The highest BCUT2D eigenvalue weighted by Crippen LogP contribution is 2.28. The molecule has 0 aromatic carbocycles. The van der Waals surface area contributed by atoms with E-state index in [4.69, 9.17) is 5.11 Å². The van der Waals surface area contributed by atoms with Crippen molar-refractivity contribution in [1.82, 2.24) is 4.90 Å². The van der Waals surface area contributed by atoms with Crippen LogP contribution in [0.25, 0.3) is 0 Å². The predicted octanol–water partition coefficient (Wildman–Crippen LogP) is 1.87. The molecule has 1 amide bonds. The molecule has 16 heavy (non-hydrogen) atoms. The molecule has 0 fully saturated rings. The number of hydrogen-bond donors (Lipinski definition) is 1. The molecule has 0 saturated carbocycles. The van der Waals surface area contributed by atoms with Crippen molar-refractivity contribution in [1.29, 1.82) is 0 Å². The van der Waals surface area contributed by atoms with Gasteiger partial charge in [-0.25, -0.2) is 4.79 Å². The molecule has 0 radical (unpaired) electrons. The van der Waals surface area contributed by atoms with Gasteiger partial charge in [0.1, 0.15) is 5.60 Å². The van der Waals surface area contributed by atoms with E-state index in [2.05, 4.69) is 4.74 Å². The topological polar surface area (TPSA) is 49.8 Å². The van der Waals surface area contributed by atoms with Crippen LogP contribution in [0.3, 0.4) is 0 Å². The summed E-state index contributed by atoms with van der Waals surface area (Å²) >= 11 is 0. The lowest BCUT2D eigenvalue weighted by atomic mass is 10.0. The van der Waals surface area contributed by atoms with Crippen molar-refractivity contribution in [2.45, 2.75) is 39.2 Å². The molecule has 6 heteroatoms.